The second-order valence-corrected chi connectivity index (χ2v) is 27.3. The first-order valence-electron chi connectivity index (χ1n) is 28.6. The number of fused-ring (bicyclic) bond motifs is 15. The molecule has 0 amide bonds. The Morgan fingerprint density at radius 3 is 1.46 bits per heavy atom. The van der Waals surface area contributed by atoms with Crippen LogP contribution in [0.1, 0.15) is 209 Å². The molecule has 20 atom stereocenters. The molecule has 0 radical (unpaired) electrons. The van der Waals surface area contributed by atoms with Gasteiger partial charge in [0.05, 0.1) is 18.3 Å². The number of carbonyl (C=O) groups excluding carboxylic acids is 3. The average Bonchev–Trinajstić information content (AvgIpc) is 3.92. The van der Waals surface area contributed by atoms with Crippen molar-refractivity contribution >= 4 is 17.7 Å². The Morgan fingerprint density at radius 1 is 0.478 bits per heavy atom. The summed E-state index contributed by atoms with van der Waals surface area (Å²) in [5.74, 6) is 6.64. The molecule has 69 heavy (non-hydrogen) atoms. The van der Waals surface area contributed by atoms with Gasteiger partial charge in [0, 0.05) is 37.5 Å². The zero-order valence-electron chi connectivity index (χ0n) is 44.2. The highest BCUT2D eigenvalue weighted by Gasteiger charge is 2.62. The van der Waals surface area contributed by atoms with E-state index in [2.05, 4.69) is 59.8 Å². The van der Waals surface area contributed by atoms with Crippen molar-refractivity contribution in [3.63, 3.8) is 0 Å². The Labute approximate surface area is 416 Å². The Kier molecular flexibility index (Phi) is 13.3. The lowest BCUT2D eigenvalue weighted by Gasteiger charge is -2.57. The summed E-state index contributed by atoms with van der Waals surface area (Å²) in [5, 5.41) is 30.5. The first-order chi connectivity index (χ1) is 32.6. The van der Waals surface area contributed by atoms with Crippen LogP contribution in [0.5, 0.6) is 0 Å². The van der Waals surface area contributed by atoms with E-state index < -0.39 is 0 Å². The quantitative estimate of drug-likeness (QED) is 0.184. The largest absolute Gasteiger partial charge is 0.462 e. The molecule has 12 rings (SSSR count). The summed E-state index contributed by atoms with van der Waals surface area (Å²) in [6.45, 7) is 17.4. The molecule has 3 N–H and O–H groups in total. The van der Waals surface area contributed by atoms with Gasteiger partial charge in [-0.1, -0.05) is 76.5 Å². The van der Waals surface area contributed by atoms with Crippen molar-refractivity contribution in [3.05, 3.63) is 34.9 Å². The van der Waals surface area contributed by atoms with Crippen LogP contribution in [0, 0.1) is 85.8 Å². The Bertz CT molecular complexity index is 2110. The summed E-state index contributed by atoms with van der Waals surface area (Å²) in [7, 11) is 0. The minimum absolute atomic E-state index is 0.0168. The van der Waals surface area contributed by atoms with Crippen LogP contribution in [0.2, 0.25) is 0 Å². The summed E-state index contributed by atoms with van der Waals surface area (Å²) >= 11 is 0. The van der Waals surface area contributed by atoms with Crippen molar-refractivity contribution in [2.45, 2.75) is 240 Å². The standard InChI is InChI=1S/C23H34O4.C19H30O2.C19H28O2/c1-14(24)26-17-9-11-22(3)16(13-17)5-6-18-19-7-8-21(27-15(2)25)23(19,4)12-10-20(18)22;2*1-18-9-7-13(20)11-12(18)3-4-14-15-5-6-17(21)19(15,2)10-8-16(14)18/h5,17-21H,6-13H2,1-4H3;3,13-17,20-21H,4-11H2,1-2H3;3,13-16,20H,4-11H2,1-2H3/t17-,18?,19?,20?,21-,22-,23-;13-,14?,15?,16?,17-,18-,19-;13-,14?,15?,16?,18-,19-/m000/s1. The number of Topliss-reactive ketones (excluding diaryl/α,β-unsaturated/α-hetero) is 1. The molecule has 9 saturated carbocycles. The maximum Gasteiger partial charge on any atom is 0.302 e. The number of hydrogen-bond acceptors (Lipinski definition) is 8. The molecule has 0 aliphatic heterocycles. The van der Waals surface area contributed by atoms with Crippen LogP contribution in [0.4, 0.5) is 0 Å². The van der Waals surface area contributed by atoms with Gasteiger partial charge < -0.3 is 24.8 Å². The van der Waals surface area contributed by atoms with Gasteiger partial charge in [0.15, 0.2) is 0 Å². The average molecular weight is 953 g/mol. The molecule has 0 saturated heterocycles. The molecule has 12 aliphatic rings. The third-order valence-electron chi connectivity index (χ3n) is 24.4. The van der Waals surface area contributed by atoms with E-state index in [4.69, 9.17) is 9.47 Å². The maximum atomic E-state index is 12.4. The Balaban J connectivity index is 0.000000122. The Morgan fingerprint density at radius 2 is 0.913 bits per heavy atom. The number of aliphatic hydroxyl groups excluding tert-OH is 3. The van der Waals surface area contributed by atoms with E-state index in [0.29, 0.717) is 52.1 Å². The van der Waals surface area contributed by atoms with Crippen LogP contribution < -0.4 is 0 Å². The highest BCUT2D eigenvalue weighted by molar-refractivity contribution is 5.87. The van der Waals surface area contributed by atoms with Gasteiger partial charge in [-0.25, -0.2) is 0 Å². The van der Waals surface area contributed by atoms with E-state index in [9.17, 15) is 29.7 Å². The van der Waals surface area contributed by atoms with Crippen molar-refractivity contribution in [2.75, 3.05) is 0 Å². The van der Waals surface area contributed by atoms with E-state index in [1.807, 2.05) is 0 Å². The molecule has 0 bridgehead atoms. The number of carbonyl (C=O) groups is 3. The van der Waals surface area contributed by atoms with Gasteiger partial charge in [0.2, 0.25) is 0 Å². The normalized spacial score (nSPS) is 51.1. The predicted molar refractivity (Wildman–Crippen MR) is 269 cm³/mol. The summed E-state index contributed by atoms with van der Waals surface area (Å²) in [6.07, 6.45) is 33.3. The smallest absolute Gasteiger partial charge is 0.302 e. The maximum absolute atomic E-state index is 12.4. The third-order valence-corrected chi connectivity index (χ3v) is 24.4. The molecule has 9 fully saturated rings. The fraction of sp³-hybridized carbons (Fsp3) is 0.852. The lowest BCUT2D eigenvalue weighted by molar-refractivity contribution is -0.157. The number of hydrogen-bond donors (Lipinski definition) is 3. The molecule has 0 aromatic heterocycles. The number of rotatable bonds is 2. The lowest BCUT2D eigenvalue weighted by Crippen LogP contribution is -2.51. The summed E-state index contributed by atoms with van der Waals surface area (Å²) in [6, 6.07) is 0. The van der Waals surface area contributed by atoms with Crippen LogP contribution in [0.25, 0.3) is 0 Å². The molecule has 12 aliphatic carbocycles. The second kappa shape index (κ2) is 18.3. The SMILES string of the molecule is CC(=O)O[C@H]1CC[C@@]2(C)C(=CCC3C2CC[C@@]2(C)C3CC[C@@H]2OC(C)=O)C1.C[C@]12CC[C@H](O)CC1=CCC1C2CC[C@@]2(C)C1CC[C@@H]2O.C[C@]12CC[C@H](O)CC1=CCC1C2CC[C@]2(C)C(=O)CCC12. The fourth-order valence-corrected chi connectivity index (χ4v) is 20.3. The second-order valence-electron chi connectivity index (χ2n) is 27.3. The third kappa shape index (κ3) is 8.26. The molecule has 0 aromatic carbocycles. The number of ketones is 1. The topological polar surface area (TPSA) is 130 Å². The highest BCUT2D eigenvalue weighted by Crippen LogP contribution is 2.68. The van der Waals surface area contributed by atoms with Crippen molar-refractivity contribution in [3.8, 4) is 0 Å². The van der Waals surface area contributed by atoms with E-state index >= 15 is 0 Å². The van der Waals surface area contributed by atoms with Gasteiger partial charge in [-0.3, -0.25) is 14.4 Å². The molecule has 8 heteroatoms. The van der Waals surface area contributed by atoms with Crippen LogP contribution in [0.15, 0.2) is 34.9 Å². The molecular formula is C61H92O8. The van der Waals surface area contributed by atoms with Crippen LogP contribution >= 0.6 is 0 Å². The minimum Gasteiger partial charge on any atom is -0.462 e. The van der Waals surface area contributed by atoms with Gasteiger partial charge in [-0.15, -0.1) is 0 Å². The summed E-state index contributed by atoms with van der Waals surface area (Å²) in [5.41, 5.74) is 5.78. The van der Waals surface area contributed by atoms with Gasteiger partial charge in [0.1, 0.15) is 18.0 Å². The number of esters is 2. The van der Waals surface area contributed by atoms with Crippen molar-refractivity contribution in [2.24, 2.45) is 85.8 Å². The summed E-state index contributed by atoms with van der Waals surface area (Å²) < 4.78 is 11.3. The zero-order chi connectivity index (χ0) is 49.1. The van der Waals surface area contributed by atoms with Gasteiger partial charge in [-0.2, -0.15) is 0 Å². The molecule has 384 valence electrons. The van der Waals surface area contributed by atoms with Gasteiger partial charge in [0.25, 0.3) is 0 Å². The van der Waals surface area contributed by atoms with Crippen molar-refractivity contribution in [1.82, 2.24) is 0 Å². The number of allylic oxidation sites excluding steroid dienone is 3. The van der Waals surface area contributed by atoms with E-state index in [1.165, 1.54) is 63.0 Å². The summed E-state index contributed by atoms with van der Waals surface area (Å²) in [4.78, 5) is 35.3. The van der Waals surface area contributed by atoms with E-state index in [-0.39, 0.29) is 64.1 Å². The van der Waals surface area contributed by atoms with Gasteiger partial charge in [-0.05, 0) is 216 Å². The van der Waals surface area contributed by atoms with Crippen LogP contribution in [0.3, 0.4) is 0 Å². The number of aliphatic hydroxyl groups is 3. The molecule has 0 aromatic rings. The molecule has 8 nitrogen and oxygen atoms in total. The monoisotopic (exact) mass is 953 g/mol. The van der Waals surface area contributed by atoms with Crippen molar-refractivity contribution < 1.29 is 39.2 Å². The van der Waals surface area contributed by atoms with E-state index in [1.54, 1.807) is 12.5 Å². The van der Waals surface area contributed by atoms with Crippen LogP contribution in [-0.4, -0.2) is 63.6 Å². The first kappa shape index (κ1) is 50.3. The number of ether oxygens (including phenoxy) is 2. The minimum atomic E-state index is -0.159. The zero-order valence-corrected chi connectivity index (χ0v) is 44.2. The highest BCUT2D eigenvalue weighted by atomic mass is 16.5. The predicted octanol–water partition coefficient (Wildman–Crippen LogP) is 12.4. The molecule has 9 unspecified atom stereocenters. The van der Waals surface area contributed by atoms with Crippen LogP contribution in [-0.2, 0) is 23.9 Å². The molecule has 0 spiro atoms. The fourth-order valence-electron chi connectivity index (χ4n) is 20.3. The molecular weight excluding hydrogens is 861 g/mol. The van der Waals surface area contributed by atoms with E-state index in [0.717, 1.165) is 127 Å². The van der Waals surface area contributed by atoms with Crippen molar-refractivity contribution in [1.29, 1.82) is 0 Å². The lowest BCUT2D eigenvalue weighted by atomic mass is 9.48. The van der Waals surface area contributed by atoms with Gasteiger partial charge >= 0.3 is 11.9 Å². The molecule has 0 heterocycles. The first-order valence-corrected chi connectivity index (χ1v) is 28.6. The Hall–Kier alpha value is -2.29.